The summed E-state index contributed by atoms with van der Waals surface area (Å²) in [4.78, 5) is 41.8. The van der Waals surface area contributed by atoms with Crippen LogP contribution in [0.5, 0.6) is 0 Å². The van der Waals surface area contributed by atoms with Crippen LogP contribution in [0.1, 0.15) is 20.8 Å². The lowest BCUT2D eigenvalue weighted by atomic mass is 10.0. The van der Waals surface area contributed by atoms with Gasteiger partial charge in [-0.2, -0.15) is 4.98 Å². The van der Waals surface area contributed by atoms with Gasteiger partial charge in [0.15, 0.2) is 5.65 Å². The number of nitrogens with zero attached hydrogens (tertiary/aromatic N) is 5. The smallest absolute Gasteiger partial charge is 0.412 e. The molecular weight excluding hydrogens is 550 g/mol. The van der Waals surface area contributed by atoms with E-state index < -0.39 is 11.7 Å². The van der Waals surface area contributed by atoms with Gasteiger partial charge in [-0.15, -0.1) is 11.3 Å². The molecule has 2 fully saturated rings. The highest BCUT2D eigenvalue weighted by Gasteiger charge is 2.39. The Bertz CT molecular complexity index is 1900. The van der Waals surface area contributed by atoms with E-state index in [1.807, 2.05) is 63.2 Å². The van der Waals surface area contributed by atoms with Gasteiger partial charge in [0, 0.05) is 32.4 Å². The molecule has 7 rings (SSSR count). The van der Waals surface area contributed by atoms with Gasteiger partial charge in [0.25, 0.3) is 0 Å². The third-order valence-electron chi connectivity index (χ3n) is 7.94. The van der Waals surface area contributed by atoms with Crippen LogP contribution in [0.3, 0.4) is 0 Å². The summed E-state index contributed by atoms with van der Waals surface area (Å²) in [6, 6.07) is 15.3. The number of pyridine rings is 1. The lowest BCUT2D eigenvalue weighted by Crippen LogP contribution is -2.28. The van der Waals surface area contributed by atoms with Gasteiger partial charge in [-0.05, 0) is 63.9 Å². The average molecular weight is 584 g/mol. The number of hydrogen-bond donors (Lipinski definition) is 2. The molecule has 5 heterocycles. The van der Waals surface area contributed by atoms with Crippen LogP contribution in [0.2, 0.25) is 0 Å². The number of ether oxygens (including phenoxy) is 1. The van der Waals surface area contributed by atoms with Crippen LogP contribution in [-0.4, -0.2) is 64.2 Å². The van der Waals surface area contributed by atoms with E-state index in [2.05, 4.69) is 31.9 Å². The van der Waals surface area contributed by atoms with Crippen molar-refractivity contribution in [2.24, 2.45) is 11.8 Å². The van der Waals surface area contributed by atoms with Crippen LogP contribution in [0, 0.1) is 11.8 Å². The molecule has 1 amide bonds. The number of amides is 1. The number of benzene rings is 2. The van der Waals surface area contributed by atoms with E-state index in [0.29, 0.717) is 45.9 Å². The molecular formula is C31H33N7O3S. The first-order valence-corrected chi connectivity index (χ1v) is 15.0. The topological polar surface area (TPSA) is 104 Å². The summed E-state index contributed by atoms with van der Waals surface area (Å²) in [5, 5.41) is 6.59. The minimum Gasteiger partial charge on any atom is -0.444 e. The molecule has 0 spiro atoms. The molecule has 0 saturated carbocycles. The molecule has 2 saturated heterocycles. The Morgan fingerprint density at radius 3 is 2.43 bits per heavy atom. The monoisotopic (exact) mass is 583 g/mol. The molecule has 0 bridgehead atoms. The fourth-order valence-corrected chi connectivity index (χ4v) is 7.33. The van der Waals surface area contributed by atoms with Crippen molar-refractivity contribution in [2.75, 3.05) is 48.8 Å². The maximum atomic E-state index is 14.1. The highest BCUT2D eigenvalue weighted by molar-refractivity contribution is 7.24. The van der Waals surface area contributed by atoms with Gasteiger partial charge in [-0.3, -0.25) is 14.5 Å². The Morgan fingerprint density at radius 2 is 1.69 bits per heavy atom. The zero-order valence-electron chi connectivity index (χ0n) is 24.0. The Kier molecular flexibility index (Phi) is 6.32. The number of anilines is 4. The van der Waals surface area contributed by atoms with Crippen LogP contribution in [0.15, 0.2) is 59.5 Å². The average Bonchev–Trinajstić information content (AvgIpc) is 3.61. The van der Waals surface area contributed by atoms with Crippen molar-refractivity contribution < 1.29 is 9.53 Å². The van der Waals surface area contributed by atoms with E-state index in [4.69, 9.17) is 14.7 Å². The number of carbonyl (C=O) groups excluding carboxylic acids is 1. The maximum Gasteiger partial charge on any atom is 0.412 e. The van der Waals surface area contributed by atoms with Crippen molar-refractivity contribution in [1.29, 1.82) is 0 Å². The predicted octanol–water partition coefficient (Wildman–Crippen LogP) is 5.55. The van der Waals surface area contributed by atoms with Gasteiger partial charge in [-0.25, -0.2) is 9.78 Å². The third kappa shape index (κ3) is 4.72. The minimum absolute atomic E-state index is 0.199. The Morgan fingerprint density at radius 1 is 1.00 bits per heavy atom. The summed E-state index contributed by atoms with van der Waals surface area (Å²) in [6.45, 7) is 9.46. The lowest BCUT2D eigenvalue weighted by molar-refractivity contribution is 0.0636. The molecule has 2 atom stereocenters. The van der Waals surface area contributed by atoms with Gasteiger partial charge in [0.05, 0.1) is 27.0 Å². The minimum atomic E-state index is -0.643. The SMILES string of the molecule is CN1CC2CN(c3ncc4c(=O)c(Nc5ccccc5NC(=O)OC(C)(C)C)c5sc6ccccc6n5c4n3)CC2C1. The summed E-state index contributed by atoms with van der Waals surface area (Å²) in [6.07, 6.45) is 1.09. The normalized spacial score (nSPS) is 19.1. The van der Waals surface area contributed by atoms with Gasteiger partial charge in [0.2, 0.25) is 11.4 Å². The second-order valence-corrected chi connectivity index (χ2v) is 13.3. The summed E-state index contributed by atoms with van der Waals surface area (Å²) in [5.41, 5.74) is 2.20. The quantitative estimate of drug-likeness (QED) is 0.284. The zero-order chi connectivity index (χ0) is 29.2. The molecule has 2 unspecified atom stereocenters. The van der Waals surface area contributed by atoms with Crippen molar-refractivity contribution in [2.45, 2.75) is 26.4 Å². The Balaban J connectivity index is 1.33. The number of likely N-dealkylation sites (tertiary alicyclic amines) is 1. The molecule has 5 aromatic rings. The molecule has 2 aliphatic heterocycles. The lowest BCUT2D eigenvalue weighted by Gasteiger charge is -2.21. The zero-order valence-corrected chi connectivity index (χ0v) is 24.9. The number of nitrogens with one attached hydrogen (secondary N) is 2. The van der Waals surface area contributed by atoms with Crippen molar-refractivity contribution >= 4 is 66.5 Å². The largest absolute Gasteiger partial charge is 0.444 e. The van der Waals surface area contributed by atoms with Crippen molar-refractivity contribution in [3.8, 4) is 0 Å². The molecule has 0 radical (unpaired) electrons. The fraction of sp³-hybridized carbons (Fsp3) is 0.355. The third-order valence-corrected chi connectivity index (χ3v) is 9.09. The summed E-state index contributed by atoms with van der Waals surface area (Å²) < 4.78 is 8.54. The number of rotatable bonds is 4. The Labute approximate surface area is 246 Å². The second-order valence-electron chi connectivity index (χ2n) is 12.3. The number of para-hydroxylation sites is 3. The van der Waals surface area contributed by atoms with Gasteiger partial charge >= 0.3 is 6.09 Å². The van der Waals surface area contributed by atoms with E-state index in [1.54, 1.807) is 12.3 Å². The van der Waals surface area contributed by atoms with Crippen LogP contribution in [-0.2, 0) is 4.74 Å². The van der Waals surface area contributed by atoms with Crippen LogP contribution < -0.4 is 21.0 Å². The van der Waals surface area contributed by atoms with E-state index in [9.17, 15) is 9.59 Å². The van der Waals surface area contributed by atoms with Gasteiger partial charge < -0.3 is 19.9 Å². The van der Waals surface area contributed by atoms with E-state index in [0.717, 1.165) is 41.2 Å². The van der Waals surface area contributed by atoms with E-state index >= 15 is 0 Å². The maximum absolute atomic E-state index is 14.1. The van der Waals surface area contributed by atoms with Crippen molar-refractivity contribution in [3.63, 3.8) is 0 Å². The second kappa shape index (κ2) is 9.95. The summed E-state index contributed by atoms with van der Waals surface area (Å²) in [5.74, 6) is 1.88. The molecule has 2 aliphatic rings. The highest BCUT2D eigenvalue weighted by Crippen LogP contribution is 2.36. The van der Waals surface area contributed by atoms with Crippen LogP contribution in [0.25, 0.3) is 26.1 Å². The number of carbonyl (C=O) groups is 1. The molecule has 2 N–H and O–H groups in total. The van der Waals surface area contributed by atoms with Crippen LogP contribution >= 0.6 is 11.3 Å². The number of aromatic nitrogens is 3. The first-order valence-electron chi connectivity index (χ1n) is 14.2. The van der Waals surface area contributed by atoms with Crippen molar-refractivity contribution in [3.05, 3.63) is 65.0 Å². The molecule has 216 valence electrons. The summed E-state index contributed by atoms with van der Waals surface area (Å²) >= 11 is 1.52. The number of fused-ring (bicyclic) bond motifs is 6. The molecule has 2 aromatic carbocycles. The molecule has 3 aromatic heterocycles. The predicted molar refractivity (Wildman–Crippen MR) is 168 cm³/mol. The highest BCUT2D eigenvalue weighted by atomic mass is 32.1. The number of thiazole rings is 1. The van der Waals surface area contributed by atoms with Gasteiger partial charge in [0.1, 0.15) is 16.1 Å². The molecule has 0 aliphatic carbocycles. The van der Waals surface area contributed by atoms with Crippen molar-refractivity contribution in [1.82, 2.24) is 19.3 Å². The Hall–Kier alpha value is -4.22. The van der Waals surface area contributed by atoms with Gasteiger partial charge in [-0.1, -0.05) is 24.3 Å². The molecule has 10 nitrogen and oxygen atoms in total. The standard InChI is InChI=1S/C31H33N7O3S/c1-31(2,3)41-30(40)34-22-10-6-5-9-21(22)33-25-26(39)20-13-32-29(37-16-18-14-36(4)15-19(18)17-37)35-27(20)38-23-11-7-8-12-24(23)42-28(25)38/h5-13,18-19,33H,14-17H2,1-4H3,(H,34,40). The van der Waals surface area contributed by atoms with E-state index in [1.165, 1.54) is 11.3 Å². The van der Waals surface area contributed by atoms with E-state index in [-0.39, 0.29) is 5.43 Å². The molecule has 42 heavy (non-hydrogen) atoms. The first-order chi connectivity index (χ1) is 20.1. The molecule has 11 heteroatoms. The van der Waals surface area contributed by atoms with Crippen LogP contribution in [0.4, 0.5) is 27.8 Å². The summed E-state index contributed by atoms with van der Waals surface area (Å²) in [7, 11) is 2.18. The first kappa shape index (κ1) is 26.7. The fourth-order valence-electron chi connectivity index (χ4n) is 6.19. The number of hydrogen-bond acceptors (Lipinski definition) is 9.